The largest absolute Gasteiger partial charge is 0.497 e. The summed E-state index contributed by atoms with van der Waals surface area (Å²) in [6.07, 6.45) is 0. The number of hydrogen-bond donors (Lipinski definition) is 0. The van der Waals surface area contributed by atoms with Gasteiger partial charge in [-0.1, -0.05) is 36.0 Å². The molecule has 0 bridgehead atoms. The molecular weight excluding hydrogens is 336 g/mol. The number of methoxy groups -OCH3 is 1. The summed E-state index contributed by atoms with van der Waals surface area (Å²) in [5, 5.41) is 0. The fourth-order valence-electron chi connectivity index (χ4n) is 2.58. The van der Waals surface area contributed by atoms with Crippen LogP contribution in [0.2, 0.25) is 0 Å². The Morgan fingerprint density at radius 1 is 0.960 bits per heavy atom. The van der Waals surface area contributed by atoms with E-state index in [0.29, 0.717) is 22.0 Å². The first-order valence-corrected chi connectivity index (χ1v) is 8.52. The molecule has 0 saturated heterocycles. The number of rotatable bonds is 5. The smallest absolute Gasteiger partial charge is 0.282 e. The molecule has 6 heteroatoms. The first-order valence-electron chi connectivity index (χ1n) is 7.70. The predicted molar refractivity (Wildman–Crippen MR) is 98.5 cm³/mol. The molecule has 0 radical (unpaired) electrons. The van der Waals surface area contributed by atoms with Gasteiger partial charge in [0.25, 0.3) is 11.8 Å². The highest BCUT2D eigenvalue weighted by Gasteiger charge is 2.40. The topological polar surface area (TPSA) is 49.9 Å². The van der Waals surface area contributed by atoms with Gasteiger partial charge in [-0.15, -0.1) is 0 Å². The Morgan fingerprint density at radius 2 is 1.68 bits per heavy atom. The number of carbonyl (C=O) groups excluding carboxylic acids is 2. The van der Waals surface area contributed by atoms with Crippen molar-refractivity contribution in [2.45, 2.75) is 4.90 Å². The minimum atomic E-state index is -0.313. The highest BCUT2D eigenvalue weighted by molar-refractivity contribution is 8.04. The molecule has 0 saturated carbocycles. The molecule has 0 aliphatic carbocycles. The van der Waals surface area contributed by atoms with Gasteiger partial charge >= 0.3 is 0 Å². The molecular formula is C19H18N2O3S. The Kier molecular flexibility index (Phi) is 4.81. The second-order valence-electron chi connectivity index (χ2n) is 5.63. The molecule has 1 aliphatic rings. The molecule has 3 rings (SSSR count). The van der Waals surface area contributed by atoms with Crippen LogP contribution in [-0.2, 0) is 9.59 Å². The van der Waals surface area contributed by atoms with Gasteiger partial charge in [0.1, 0.15) is 16.4 Å². The SMILES string of the molecule is COc1cccc(SC2=C(N(C)C)C(=O)N(c3ccccc3)C2=O)c1. The van der Waals surface area contributed by atoms with Gasteiger partial charge in [0.15, 0.2) is 0 Å². The molecule has 2 aromatic rings. The van der Waals surface area contributed by atoms with Crippen LogP contribution >= 0.6 is 11.8 Å². The number of para-hydroxylation sites is 1. The minimum absolute atomic E-state index is 0.312. The predicted octanol–water partition coefficient (Wildman–Crippen LogP) is 3.13. The maximum atomic E-state index is 13.0. The lowest BCUT2D eigenvalue weighted by molar-refractivity contribution is -0.120. The van der Waals surface area contributed by atoms with Crippen LogP contribution < -0.4 is 9.64 Å². The highest BCUT2D eigenvalue weighted by atomic mass is 32.2. The van der Waals surface area contributed by atoms with Gasteiger partial charge in [0, 0.05) is 19.0 Å². The number of imide groups is 1. The Morgan fingerprint density at radius 3 is 2.32 bits per heavy atom. The number of amides is 2. The van der Waals surface area contributed by atoms with E-state index in [1.807, 2.05) is 30.3 Å². The molecule has 0 atom stereocenters. The van der Waals surface area contributed by atoms with Crippen LogP contribution in [-0.4, -0.2) is 37.9 Å². The highest BCUT2D eigenvalue weighted by Crippen LogP contribution is 2.38. The summed E-state index contributed by atoms with van der Waals surface area (Å²) in [6, 6.07) is 16.4. The van der Waals surface area contributed by atoms with Crippen molar-refractivity contribution in [3.63, 3.8) is 0 Å². The molecule has 0 unspecified atom stereocenters. The molecule has 25 heavy (non-hydrogen) atoms. The van der Waals surface area contributed by atoms with Crippen LogP contribution in [0, 0.1) is 0 Å². The zero-order chi connectivity index (χ0) is 18.0. The number of nitrogens with zero attached hydrogens (tertiary/aromatic N) is 2. The number of hydrogen-bond acceptors (Lipinski definition) is 5. The first-order chi connectivity index (χ1) is 12.0. The average molecular weight is 354 g/mol. The number of anilines is 1. The van der Waals surface area contributed by atoms with Gasteiger partial charge in [-0.25, -0.2) is 4.90 Å². The van der Waals surface area contributed by atoms with Gasteiger partial charge in [-0.3, -0.25) is 9.59 Å². The van der Waals surface area contributed by atoms with Crippen molar-refractivity contribution in [2.24, 2.45) is 0 Å². The molecule has 0 fully saturated rings. The second kappa shape index (κ2) is 7.03. The Hall–Kier alpha value is -2.73. The molecule has 2 aromatic carbocycles. The third kappa shape index (κ3) is 3.25. The maximum Gasteiger partial charge on any atom is 0.282 e. The quantitative estimate of drug-likeness (QED) is 0.772. The zero-order valence-corrected chi connectivity index (χ0v) is 15.0. The normalized spacial score (nSPS) is 14.3. The lowest BCUT2D eigenvalue weighted by atomic mass is 10.3. The van der Waals surface area contributed by atoms with Gasteiger partial charge in [-0.2, -0.15) is 0 Å². The van der Waals surface area contributed by atoms with Crippen molar-refractivity contribution in [3.8, 4) is 5.75 Å². The van der Waals surface area contributed by atoms with E-state index in [4.69, 9.17) is 4.74 Å². The minimum Gasteiger partial charge on any atom is -0.497 e. The first kappa shape index (κ1) is 17.1. The molecule has 1 aliphatic heterocycles. The van der Waals surface area contributed by atoms with E-state index in [0.717, 1.165) is 4.90 Å². The molecule has 128 valence electrons. The summed E-state index contributed by atoms with van der Waals surface area (Å²) in [6.45, 7) is 0. The monoisotopic (exact) mass is 354 g/mol. The van der Waals surface area contributed by atoms with Crippen molar-refractivity contribution in [3.05, 3.63) is 65.2 Å². The molecule has 0 N–H and O–H groups in total. The van der Waals surface area contributed by atoms with Crippen molar-refractivity contribution >= 4 is 29.3 Å². The summed E-state index contributed by atoms with van der Waals surface area (Å²) >= 11 is 1.27. The lowest BCUT2D eigenvalue weighted by Crippen LogP contribution is -2.33. The Balaban J connectivity index is 1.99. The lowest BCUT2D eigenvalue weighted by Gasteiger charge is -2.16. The van der Waals surface area contributed by atoms with E-state index >= 15 is 0 Å². The Bertz CT molecular complexity index is 847. The van der Waals surface area contributed by atoms with Crippen LogP contribution in [0.15, 0.2) is 70.1 Å². The van der Waals surface area contributed by atoms with Crippen molar-refractivity contribution < 1.29 is 14.3 Å². The summed E-state index contributed by atoms with van der Waals surface area (Å²) in [4.78, 5) is 30.0. The van der Waals surface area contributed by atoms with Crippen LogP contribution in [0.1, 0.15) is 0 Å². The molecule has 0 spiro atoms. The van der Waals surface area contributed by atoms with Crippen molar-refractivity contribution in [1.29, 1.82) is 0 Å². The number of likely N-dealkylation sites (N-methyl/N-ethyl adjacent to an activating group) is 1. The van der Waals surface area contributed by atoms with E-state index in [-0.39, 0.29) is 11.8 Å². The molecule has 5 nitrogen and oxygen atoms in total. The summed E-state index contributed by atoms with van der Waals surface area (Å²) in [7, 11) is 5.12. The number of thioether (sulfide) groups is 1. The fourth-order valence-corrected chi connectivity index (χ4v) is 3.68. The standard InChI is InChI=1S/C19H18N2O3S/c1-20(2)16-17(25-15-11-7-10-14(12-15)24-3)19(23)21(18(16)22)13-8-5-4-6-9-13/h4-12H,1-3H3. The van der Waals surface area contributed by atoms with E-state index in [1.165, 1.54) is 16.7 Å². The van der Waals surface area contributed by atoms with Crippen molar-refractivity contribution in [1.82, 2.24) is 4.90 Å². The Labute approximate surface area is 150 Å². The van der Waals surface area contributed by atoms with Gasteiger partial charge in [-0.05, 0) is 30.3 Å². The third-order valence-corrected chi connectivity index (χ3v) is 4.80. The molecule has 1 heterocycles. The van der Waals surface area contributed by atoms with E-state index < -0.39 is 0 Å². The number of ether oxygens (including phenoxy) is 1. The van der Waals surface area contributed by atoms with Crippen LogP contribution in [0.4, 0.5) is 5.69 Å². The summed E-state index contributed by atoms with van der Waals surface area (Å²) in [5.41, 5.74) is 0.958. The van der Waals surface area contributed by atoms with Crippen LogP contribution in [0.5, 0.6) is 5.75 Å². The van der Waals surface area contributed by atoms with Gasteiger partial charge in [0.05, 0.1) is 12.8 Å². The van der Waals surface area contributed by atoms with E-state index in [2.05, 4.69) is 0 Å². The van der Waals surface area contributed by atoms with Crippen LogP contribution in [0.3, 0.4) is 0 Å². The van der Waals surface area contributed by atoms with Crippen LogP contribution in [0.25, 0.3) is 0 Å². The van der Waals surface area contributed by atoms with Gasteiger partial charge in [0.2, 0.25) is 0 Å². The zero-order valence-electron chi connectivity index (χ0n) is 14.2. The summed E-state index contributed by atoms with van der Waals surface area (Å²) in [5.74, 6) is 0.0769. The summed E-state index contributed by atoms with van der Waals surface area (Å²) < 4.78 is 5.23. The molecule has 0 aromatic heterocycles. The number of carbonyl (C=O) groups is 2. The average Bonchev–Trinajstić information content (AvgIpc) is 2.86. The van der Waals surface area contributed by atoms with Gasteiger partial charge < -0.3 is 9.64 Å². The fraction of sp³-hybridized carbons (Fsp3) is 0.158. The number of benzene rings is 2. The second-order valence-corrected chi connectivity index (χ2v) is 6.72. The third-order valence-electron chi connectivity index (χ3n) is 3.74. The van der Waals surface area contributed by atoms with Crippen molar-refractivity contribution in [2.75, 3.05) is 26.1 Å². The van der Waals surface area contributed by atoms with E-state index in [9.17, 15) is 9.59 Å². The molecule has 2 amide bonds. The van der Waals surface area contributed by atoms with E-state index in [1.54, 1.807) is 50.4 Å². The maximum absolute atomic E-state index is 13.0.